The zero-order valence-electron chi connectivity index (χ0n) is 8.32. The first kappa shape index (κ1) is 10.5. The number of rotatable bonds is 5. The van der Waals surface area contributed by atoms with Crippen LogP contribution in [0.1, 0.15) is 22.8 Å². The summed E-state index contributed by atoms with van der Waals surface area (Å²) in [6.07, 6.45) is 3.33. The minimum Gasteiger partial charge on any atom is -0.493 e. The van der Waals surface area contributed by atoms with Crippen LogP contribution >= 0.6 is 0 Å². The molecule has 1 aromatic rings. The molecule has 0 aliphatic heterocycles. The van der Waals surface area contributed by atoms with Crippen LogP contribution in [-0.2, 0) is 6.42 Å². The first-order chi connectivity index (χ1) is 6.83. The smallest absolute Gasteiger partial charge is 0.153 e. The highest BCUT2D eigenvalue weighted by molar-refractivity contribution is 5.80. The molecule has 0 aliphatic carbocycles. The lowest BCUT2D eigenvalue weighted by molar-refractivity contribution is 0.111. The molecular weight excluding hydrogens is 176 g/mol. The Bertz CT molecular complexity index is 329. The van der Waals surface area contributed by atoms with E-state index in [9.17, 15) is 4.79 Å². The van der Waals surface area contributed by atoms with Crippen molar-refractivity contribution in [2.24, 2.45) is 0 Å². The van der Waals surface area contributed by atoms with Gasteiger partial charge in [-0.3, -0.25) is 4.79 Å². The predicted octanol–water partition coefficient (Wildman–Crippen LogP) is 2.63. The standard InChI is InChI=1S/C12H14O2/c1-3-6-10-7-5-8-11(9-13)12(10)14-4-2/h3,5,7-9H,1,4,6H2,2H3. The molecule has 2 nitrogen and oxygen atoms in total. The molecule has 0 aromatic heterocycles. The summed E-state index contributed by atoms with van der Waals surface area (Å²) in [6, 6.07) is 5.55. The summed E-state index contributed by atoms with van der Waals surface area (Å²) in [5, 5.41) is 0. The van der Waals surface area contributed by atoms with Crippen molar-refractivity contribution in [2.75, 3.05) is 6.61 Å². The van der Waals surface area contributed by atoms with E-state index in [1.165, 1.54) is 0 Å². The monoisotopic (exact) mass is 190 g/mol. The molecule has 0 aliphatic rings. The van der Waals surface area contributed by atoms with E-state index in [2.05, 4.69) is 6.58 Å². The van der Waals surface area contributed by atoms with Crippen LogP contribution in [0.4, 0.5) is 0 Å². The van der Waals surface area contributed by atoms with Crippen molar-refractivity contribution in [2.45, 2.75) is 13.3 Å². The van der Waals surface area contributed by atoms with E-state index in [1.807, 2.05) is 19.1 Å². The van der Waals surface area contributed by atoms with Gasteiger partial charge in [0.25, 0.3) is 0 Å². The number of carbonyl (C=O) groups excluding carboxylic acids is 1. The Morgan fingerprint density at radius 3 is 2.86 bits per heavy atom. The van der Waals surface area contributed by atoms with Crippen LogP contribution in [0.5, 0.6) is 5.75 Å². The summed E-state index contributed by atoms with van der Waals surface area (Å²) < 4.78 is 5.43. The van der Waals surface area contributed by atoms with Crippen LogP contribution in [0.25, 0.3) is 0 Å². The third-order valence-corrected chi connectivity index (χ3v) is 1.91. The molecule has 1 rings (SSSR count). The fourth-order valence-electron chi connectivity index (χ4n) is 1.33. The van der Waals surface area contributed by atoms with E-state index >= 15 is 0 Å². The fraction of sp³-hybridized carbons (Fsp3) is 0.250. The third-order valence-electron chi connectivity index (χ3n) is 1.91. The maximum Gasteiger partial charge on any atom is 0.153 e. The molecule has 0 fully saturated rings. The van der Waals surface area contributed by atoms with Gasteiger partial charge in [-0.15, -0.1) is 6.58 Å². The molecule has 2 heteroatoms. The molecule has 0 heterocycles. The topological polar surface area (TPSA) is 26.3 Å². The van der Waals surface area contributed by atoms with E-state index in [0.29, 0.717) is 17.9 Å². The Labute approximate surface area is 84.2 Å². The molecule has 74 valence electrons. The minimum absolute atomic E-state index is 0.564. The van der Waals surface area contributed by atoms with E-state index in [0.717, 1.165) is 18.3 Å². The van der Waals surface area contributed by atoms with Crippen LogP contribution in [-0.4, -0.2) is 12.9 Å². The van der Waals surface area contributed by atoms with Crippen LogP contribution in [0.3, 0.4) is 0 Å². The quantitative estimate of drug-likeness (QED) is 0.527. The molecule has 0 unspecified atom stereocenters. The van der Waals surface area contributed by atoms with Gasteiger partial charge in [-0.25, -0.2) is 0 Å². The molecular formula is C12H14O2. The van der Waals surface area contributed by atoms with Crippen LogP contribution < -0.4 is 4.74 Å². The highest BCUT2D eigenvalue weighted by Gasteiger charge is 2.06. The molecule has 0 amide bonds. The average Bonchev–Trinajstić information content (AvgIpc) is 2.21. The highest BCUT2D eigenvalue weighted by Crippen LogP contribution is 2.23. The number of aldehydes is 1. The number of para-hydroxylation sites is 1. The van der Waals surface area contributed by atoms with Gasteiger partial charge in [-0.1, -0.05) is 18.2 Å². The average molecular weight is 190 g/mol. The predicted molar refractivity (Wildman–Crippen MR) is 56.9 cm³/mol. The summed E-state index contributed by atoms with van der Waals surface area (Å²) in [5.74, 6) is 0.685. The zero-order chi connectivity index (χ0) is 10.4. The van der Waals surface area contributed by atoms with Crippen molar-refractivity contribution in [3.05, 3.63) is 42.0 Å². The lowest BCUT2D eigenvalue weighted by atomic mass is 10.1. The first-order valence-corrected chi connectivity index (χ1v) is 4.64. The lowest BCUT2D eigenvalue weighted by Gasteiger charge is -2.10. The van der Waals surface area contributed by atoms with Crippen molar-refractivity contribution < 1.29 is 9.53 Å². The Kier molecular flexibility index (Phi) is 3.92. The van der Waals surface area contributed by atoms with Gasteiger partial charge in [0.1, 0.15) is 5.75 Å². The Hall–Kier alpha value is -1.57. The van der Waals surface area contributed by atoms with E-state index in [1.54, 1.807) is 12.1 Å². The Morgan fingerprint density at radius 1 is 1.50 bits per heavy atom. The van der Waals surface area contributed by atoms with Gasteiger partial charge in [0.05, 0.1) is 12.2 Å². The molecule has 0 spiro atoms. The van der Waals surface area contributed by atoms with Gasteiger partial charge >= 0.3 is 0 Å². The van der Waals surface area contributed by atoms with Crippen molar-refractivity contribution in [1.29, 1.82) is 0 Å². The normalized spacial score (nSPS) is 9.50. The molecule has 0 saturated heterocycles. The second-order valence-electron chi connectivity index (χ2n) is 2.88. The molecule has 0 N–H and O–H groups in total. The molecule has 0 bridgehead atoms. The minimum atomic E-state index is 0.564. The molecule has 0 radical (unpaired) electrons. The summed E-state index contributed by atoms with van der Waals surface area (Å²) in [5.41, 5.74) is 1.61. The van der Waals surface area contributed by atoms with Gasteiger partial charge in [0.15, 0.2) is 6.29 Å². The summed E-state index contributed by atoms with van der Waals surface area (Å²) in [4.78, 5) is 10.8. The maximum absolute atomic E-state index is 10.8. The fourth-order valence-corrected chi connectivity index (χ4v) is 1.33. The largest absolute Gasteiger partial charge is 0.493 e. The second-order valence-corrected chi connectivity index (χ2v) is 2.88. The maximum atomic E-state index is 10.8. The summed E-state index contributed by atoms with van der Waals surface area (Å²) in [6.45, 7) is 6.14. The number of benzene rings is 1. The number of carbonyl (C=O) groups is 1. The van der Waals surface area contributed by atoms with Gasteiger partial charge in [-0.05, 0) is 25.0 Å². The van der Waals surface area contributed by atoms with Crippen LogP contribution in [0.2, 0.25) is 0 Å². The third kappa shape index (κ3) is 2.22. The summed E-state index contributed by atoms with van der Waals surface area (Å²) in [7, 11) is 0. The van der Waals surface area contributed by atoms with Gasteiger partial charge in [-0.2, -0.15) is 0 Å². The van der Waals surface area contributed by atoms with Gasteiger partial charge in [0, 0.05) is 0 Å². The van der Waals surface area contributed by atoms with E-state index < -0.39 is 0 Å². The van der Waals surface area contributed by atoms with Crippen molar-refractivity contribution >= 4 is 6.29 Å². The second kappa shape index (κ2) is 5.22. The first-order valence-electron chi connectivity index (χ1n) is 4.64. The van der Waals surface area contributed by atoms with E-state index in [4.69, 9.17) is 4.74 Å². The SMILES string of the molecule is C=CCc1cccc(C=O)c1OCC. The number of hydrogen-bond donors (Lipinski definition) is 0. The number of allylic oxidation sites excluding steroid dienone is 1. The molecule has 0 atom stereocenters. The van der Waals surface area contributed by atoms with Gasteiger partial charge < -0.3 is 4.74 Å². The molecule has 1 aromatic carbocycles. The van der Waals surface area contributed by atoms with E-state index in [-0.39, 0.29) is 0 Å². The van der Waals surface area contributed by atoms with Crippen molar-refractivity contribution in [3.63, 3.8) is 0 Å². The number of hydrogen-bond acceptors (Lipinski definition) is 2. The van der Waals surface area contributed by atoms with Crippen molar-refractivity contribution in [3.8, 4) is 5.75 Å². The van der Waals surface area contributed by atoms with Crippen LogP contribution in [0, 0.1) is 0 Å². The van der Waals surface area contributed by atoms with Gasteiger partial charge in [0.2, 0.25) is 0 Å². The summed E-state index contributed by atoms with van der Waals surface area (Å²) >= 11 is 0. The molecule has 14 heavy (non-hydrogen) atoms. The Morgan fingerprint density at radius 2 is 2.29 bits per heavy atom. The lowest BCUT2D eigenvalue weighted by Crippen LogP contribution is -1.99. The number of ether oxygens (including phenoxy) is 1. The highest BCUT2D eigenvalue weighted by atomic mass is 16.5. The van der Waals surface area contributed by atoms with Crippen LogP contribution in [0.15, 0.2) is 30.9 Å². The molecule has 0 saturated carbocycles. The zero-order valence-corrected chi connectivity index (χ0v) is 8.32. The Balaban J connectivity index is 3.12. The van der Waals surface area contributed by atoms with Crippen molar-refractivity contribution in [1.82, 2.24) is 0 Å².